The summed E-state index contributed by atoms with van der Waals surface area (Å²) in [5.74, 6) is -1.57. The molecule has 0 radical (unpaired) electrons. The van der Waals surface area contributed by atoms with Crippen molar-refractivity contribution in [3.8, 4) is 0 Å². The lowest BCUT2D eigenvalue weighted by Gasteiger charge is -2.20. The fourth-order valence-corrected chi connectivity index (χ4v) is 3.77. The van der Waals surface area contributed by atoms with Crippen LogP contribution in [0.3, 0.4) is 0 Å². The van der Waals surface area contributed by atoms with E-state index >= 15 is 0 Å². The third-order valence-corrected chi connectivity index (χ3v) is 5.67. The van der Waals surface area contributed by atoms with Gasteiger partial charge in [0.2, 0.25) is 11.9 Å². The summed E-state index contributed by atoms with van der Waals surface area (Å²) >= 11 is 0. The van der Waals surface area contributed by atoms with Crippen LogP contribution < -0.4 is 16.0 Å². The van der Waals surface area contributed by atoms with Gasteiger partial charge in [0.1, 0.15) is 11.9 Å². The summed E-state index contributed by atoms with van der Waals surface area (Å²) in [4.78, 5) is 31.2. The van der Waals surface area contributed by atoms with Crippen molar-refractivity contribution < 1.29 is 27.9 Å². The Kier molecular flexibility index (Phi) is 12.9. The average molecular weight is 560 g/mol. The molecule has 0 aliphatic rings. The van der Waals surface area contributed by atoms with E-state index in [0.29, 0.717) is 24.7 Å². The van der Waals surface area contributed by atoms with Crippen LogP contribution in [-0.2, 0) is 22.4 Å². The van der Waals surface area contributed by atoms with Crippen molar-refractivity contribution in [2.24, 2.45) is 0 Å². The van der Waals surface area contributed by atoms with Crippen molar-refractivity contribution in [3.63, 3.8) is 0 Å². The first-order chi connectivity index (χ1) is 19.0. The molecule has 3 rings (SSSR count). The molecule has 2 aromatic carbocycles. The average Bonchev–Trinajstić information content (AvgIpc) is 2.89. The molecule has 4 N–H and O–H groups in total. The lowest BCUT2D eigenvalue weighted by Crippen LogP contribution is -2.42. The molecule has 40 heavy (non-hydrogen) atoms. The lowest BCUT2D eigenvalue weighted by molar-refractivity contribution is -0.192. The molecule has 216 valence electrons. The Morgan fingerprint density at radius 2 is 1.52 bits per heavy atom. The molecule has 0 spiro atoms. The van der Waals surface area contributed by atoms with E-state index in [1.807, 2.05) is 61.5 Å². The zero-order valence-electron chi connectivity index (χ0n) is 22.8. The van der Waals surface area contributed by atoms with Crippen LogP contribution in [0.15, 0.2) is 66.7 Å². The fourth-order valence-electron chi connectivity index (χ4n) is 3.77. The molecule has 3 aromatic rings. The molecule has 0 saturated carbocycles. The van der Waals surface area contributed by atoms with E-state index in [-0.39, 0.29) is 11.9 Å². The molecule has 0 saturated heterocycles. The normalized spacial score (nSPS) is 12.3. The fraction of sp³-hybridized carbons (Fsp3) is 0.379. The van der Waals surface area contributed by atoms with E-state index in [1.54, 1.807) is 0 Å². The Labute approximate surface area is 232 Å². The van der Waals surface area contributed by atoms with Crippen LogP contribution in [0.4, 0.5) is 24.9 Å². The molecule has 0 bridgehead atoms. The molecule has 11 heteroatoms. The number of carbonyl (C=O) groups is 2. The third kappa shape index (κ3) is 12.1. The van der Waals surface area contributed by atoms with Crippen LogP contribution in [0.25, 0.3) is 0 Å². The highest BCUT2D eigenvalue weighted by Crippen LogP contribution is 2.15. The van der Waals surface area contributed by atoms with Gasteiger partial charge in [-0.25, -0.2) is 9.78 Å². The van der Waals surface area contributed by atoms with Gasteiger partial charge in [0.15, 0.2) is 0 Å². The van der Waals surface area contributed by atoms with E-state index in [9.17, 15) is 18.0 Å². The number of hydrogen-bond donors (Lipinski definition) is 4. The van der Waals surface area contributed by atoms with Crippen LogP contribution in [0, 0.1) is 6.92 Å². The Hall–Kier alpha value is -4.15. The van der Waals surface area contributed by atoms with Crippen molar-refractivity contribution in [3.05, 3.63) is 83.6 Å². The number of alkyl halides is 3. The second kappa shape index (κ2) is 16.1. The maximum Gasteiger partial charge on any atom is 0.490 e. The predicted octanol–water partition coefficient (Wildman–Crippen LogP) is 5.40. The number of aryl methyl sites for hydroxylation is 1. The van der Waals surface area contributed by atoms with Crippen molar-refractivity contribution in [2.45, 2.75) is 64.7 Å². The van der Waals surface area contributed by atoms with E-state index in [1.165, 1.54) is 5.56 Å². The van der Waals surface area contributed by atoms with Crippen molar-refractivity contribution >= 4 is 23.6 Å². The third-order valence-electron chi connectivity index (χ3n) is 5.67. The molecule has 0 fully saturated rings. The van der Waals surface area contributed by atoms with Crippen molar-refractivity contribution in [2.75, 3.05) is 17.2 Å². The minimum atomic E-state index is -5.08. The Morgan fingerprint density at radius 1 is 0.950 bits per heavy atom. The van der Waals surface area contributed by atoms with Gasteiger partial charge in [-0.05, 0) is 37.8 Å². The summed E-state index contributed by atoms with van der Waals surface area (Å²) in [6, 6.07) is 21.9. The number of hydrogen-bond acceptors (Lipinski definition) is 6. The van der Waals surface area contributed by atoms with Crippen LogP contribution in [-0.4, -0.2) is 51.8 Å². The van der Waals surface area contributed by atoms with Gasteiger partial charge < -0.3 is 21.1 Å². The first kappa shape index (κ1) is 32.1. The topological polar surface area (TPSA) is 116 Å². The highest BCUT2D eigenvalue weighted by Gasteiger charge is 2.38. The number of benzene rings is 2. The van der Waals surface area contributed by atoms with Crippen molar-refractivity contribution in [1.82, 2.24) is 15.3 Å². The molecule has 2 atom stereocenters. The molecular weight excluding hydrogens is 523 g/mol. The largest absolute Gasteiger partial charge is 0.490 e. The number of nitrogens with zero attached hydrogens (tertiary/aromatic N) is 2. The molecule has 1 aromatic heterocycles. The number of carboxylic acids is 1. The number of aromatic nitrogens is 2. The lowest BCUT2D eigenvalue weighted by atomic mass is 10.0. The smallest absolute Gasteiger partial charge is 0.475 e. The van der Waals surface area contributed by atoms with Gasteiger partial charge in [0.25, 0.3) is 0 Å². The van der Waals surface area contributed by atoms with E-state index in [2.05, 4.69) is 51.9 Å². The van der Waals surface area contributed by atoms with Gasteiger partial charge in [0.05, 0.1) is 0 Å². The van der Waals surface area contributed by atoms with E-state index < -0.39 is 18.2 Å². The predicted molar refractivity (Wildman–Crippen MR) is 149 cm³/mol. The van der Waals surface area contributed by atoms with Gasteiger partial charge in [-0.2, -0.15) is 18.2 Å². The summed E-state index contributed by atoms with van der Waals surface area (Å²) in [6.45, 7) is 6.81. The van der Waals surface area contributed by atoms with Crippen LogP contribution in [0.1, 0.15) is 43.5 Å². The minimum Gasteiger partial charge on any atom is -0.475 e. The molecule has 0 aliphatic heterocycles. The quantitative estimate of drug-likeness (QED) is 0.235. The van der Waals surface area contributed by atoms with Crippen LogP contribution in [0.5, 0.6) is 0 Å². The summed E-state index contributed by atoms with van der Waals surface area (Å²) in [5, 5.41) is 16.9. The summed E-state index contributed by atoms with van der Waals surface area (Å²) in [6.07, 6.45) is -1.59. The number of aliphatic carboxylic acids is 1. The molecule has 1 heterocycles. The van der Waals surface area contributed by atoms with Gasteiger partial charge in [-0.1, -0.05) is 74.0 Å². The highest BCUT2D eigenvalue weighted by atomic mass is 19.4. The highest BCUT2D eigenvalue weighted by molar-refractivity contribution is 5.84. The zero-order valence-corrected chi connectivity index (χ0v) is 22.8. The standard InChI is InChI=1S/C27H35N5O.C2HF3O2/c1-4-11-20(2)29-27-30-21(3)18-25(32-27)31-24(19-23-14-9-6-10-15-23)26(33)28-17-16-22-12-7-5-8-13-22;3-2(4,5)1(6)7/h5-10,12-15,18,20,24H,4,11,16-17,19H2,1-3H3,(H,28,33)(H2,29,30,31,32);(H,6,7)/t20?,24-;/m0./s1. The number of nitrogens with one attached hydrogen (secondary N) is 3. The molecule has 1 amide bonds. The summed E-state index contributed by atoms with van der Waals surface area (Å²) in [5.41, 5.74) is 3.14. The SMILES string of the molecule is CCCC(C)Nc1nc(C)cc(N[C@@H](Cc2ccccc2)C(=O)NCCc2ccccc2)n1.O=C(O)C(F)(F)F. The van der Waals surface area contributed by atoms with Gasteiger partial charge >= 0.3 is 12.1 Å². The summed E-state index contributed by atoms with van der Waals surface area (Å²) in [7, 11) is 0. The second-order valence-corrected chi connectivity index (χ2v) is 9.27. The monoisotopic (exact) mass is 559 g/mol. The molecule has 8 nitrogen and oxygen atoms in total. The molecular formula is C29H36F3N5O3. The second-order valence-electron chi connectivity index (χ2n) is 9.27. The number of anilines is 2. The first-order valence-electron chi connectivity index (χ1n) is 13.0. The number of amides is 1. The van der Waals surface area contributed by atoms with Crippen LogP contribution >= 0.6 is 0 Å². The van der Waals surface area contributed by atoms with Crippen molar-refractivity contribution in [1.29, 1.82) is 0 Å². The van der Waals surface area contributed by atoms with E-state index in [4.69, 9.17) is 9.90 Å². The zero-order chi connectivity index (χ0) is 29.5. The van der Waals surface area contributed by atoms with Gasteiger partial charge in [-0.15, -0.1) is 0 Å². The Balaban J connectivity index is 0.000000708. The summed E-state index contributed by atoms with van der Waals surface area (Å²) < 4.78 is 31.7. The number of rotatable bonds is 12. The van der Waals surface area contributed by atoms with Crippen LogP contribution in [0.2, 0.25) is 0 Å². The Bertz CT molecular complexity index is 1190. The number of halogens is 3. The minimum absolute atomic E-state index is 0.0418. The molecule has 1 unspecified atom stereocenters. The van der Waals surface area contributed by atoms with E-state index in [0.717, 1.165) is 30.5 Å². The molecule has 0 aliphatic carbocycles. The number of carbonyl (C=O) groups excluding carboxylic acids is 1. The van der Waals surface area contributed by atoms with Gasteiger partial charge in [0, 0.05) is 30.8 Å². The van der Waals surface area contributed by atoms with Gasteiger partial charge in [-0.3, -0.25) is 4.79 Å². The first-order valence-corrected chi connectivity index (χ1v) is 13.0. The maximum absolute atomic E-state index is 13.1. The number of carboxylic acid groups (broad SMARTS) is 1. The maximum atomic E-state index is 13.1. The Morgan fingerprint density at radius 3 is 2.08 bits per heavy atom.